The monoisotopic (exact) mass is 279 g/mol. The van der Waals surface area contributed by atoms with Gasteiger partial charge in [0.25, 0.3) is 11.6 Å². The average molecular weight is 279 g/mol. The van der Waals surface area contributed by atoms with E-state index >= 15 is 0 Å². The Morgan fingerprint density at radius 3 is 2.50 bits per heavy atom. The average Bonchev–Trinajstić information content (AvgIpc) is 2.39. The zero-order valence-electron chi connectivity index (χ0n) is 12.1. The molecule has 3 N–H and O–H groups in total. The highest BCUT2D eigenvalue weighted by molar-refractivity contribution is 6.01. The van der Waals surface area contributed by atoms with Gasteiger partial charge in [0, 0.05) is 12.1 Å². The molecular formula is C14H21N3O3. The molecule has 0 saturated carbocycles. The smallest absolute Gasteiger partial charge is 0.292 e. The second-order valence-corrected chi connectivity index (χ2v) is 4.83. The van der Waals surface area contributed by atoms with Gasteiger partial charge in [-0.1, -0.05) is 32.8 Å². The van der Waals surface area contributed by atoms with Crippen molar-refractivity contribution in [1.29, 1.82) is 0 Å². The molecule has 0 radical (unpaired) electrons. The standard InChI is InChI=1S/C14H21N3O3/c1-4-10(5-2)9(3)16-14(18)11-7-6-8-12(13(11)15)17(19)20/h6-10H,4-5,15H2,1-3H3,(H,16,18). The van der Waals surface area contributed by atoms with Crippen molar-refractivity contribution in [1.82, 2.24) is 5.32 Å². The molecule has 6 heteroatoms. The Morgan fingerprint density at radius 2 is 2.00 bits per heavy atom. The molecule has 1 atom stereocenters. The number of benzene rings is 1. The summed E-state index contributed by atoms with van der Waals surface area (Å²) in [5, 5.41) is 13.7. The highest BCUT2D eigenvalue weighted by Gasteiger charge is 2.22. The van der Waals surface area contributed by atoms with Gasteiger partial charge in [-0.3, -0.25) is 14.9 Å². The van der Waals surface area contributed by atoms with Crippen molar-refractivity contribution in [3.8, 4) is 0 Å². The molecule has 20 heavy (non-hydrogen) atoms. The Hall–Kier alpha value is -2.11. The minimum Gasteiger partial charge on any atom is -0.393 e. The van der Waals surface area contributed by atoms with Crippen LogP contribution in [0.25, 0.3) is 0 Å². The van der Waals surface area contributed by atoms with E-state index in [0.29, 0.717) is 5.92 Å². The van der Waals surface area contributed by atoms with Crippen molar-refractivity contribution in [2.75, 3.05) is 5.73 Å². The molecule has 0 fully saturated rings. The van der Waals surface area contributed by atoms with Crippen molar-refractivity contribution in [3.63, 3.8) is 0 Å². The molecule has 1 aromatic carbocycles. The van der Waals surface area contributed by atoms with Crippen LogP contribution in [-0.2, 0) is 0 Å². The molecule has 0 aliphatic carbocycles. The summed E-state index contributed by atoms with van der Waals surface area (Å²) < 4.78 is 0. The lowest BCUT2D eigenvalue weighted by atomic mass is 9.95. The van der Waals surface area contributed by atoms with Gasteiger partial charge in [0.15, 0.2) is 0 Å². The normalized spacial score (nSPS) is 12.2. The summed E-state index contributed by atoms with van der Waals surface area (Å²) in [6.45, 7) is 6.07. The van der Waals surface area contributed by atoms with Crippen LogP contribution in [0.15, 0.2) is 18.2 Å². The molecule has 1 rings (SSSR count). The summed E-state index contributed by atoms with van der Waals surface area (Å²) in [6.07, 6.45) is 1.92. The number of hydrogen-bond acceptors (Lipinski definition) is 4. The van der Waals surface area contributed by atoms with Crippen LogP contribution in [0, 0.1) is 16.0 Å². The van der Waals surface area contributed by atoms with E-state index in [1.165, 1.54) is 18.2 Å². The third-order valence-corrected chi connectivity index (χ3v) is 3.64. The van der Waals surface area contributed by atoms with Gasteiger partial charge in [0.1, 0.15) is 5.69 Å². The number of nitrogens with two attached hydrogens (primary N) is 1. The van der Waals surface area contributed by atoms with Crippen LogP contribution < -0.4 is 11.1 Å². The van der Waals surface area contributed by atoms with Crippen LogP contribution in [0.4, 0.5) is 11.4 Å². The zero-order valence-corrected chi connectivity index (χ0v) is 12.1. The third kappa shape index (κ3) is 3.46. The predicted molar refractivity (Wildman–Crippen MR) is 78.5 cm³/mol. The number of nitrogens with zero attached hydrogens (tertiary/aromatic N) is 1. The first kappa shape index (κ1) is 15.9. The molecule has 0 spiro atoms. The highest BCUT2D eigenvalue weighted by Crippen LogP contribution is 2.25. The molecule has 110 valence electrons. The second-order valence-electron chi connectivity index (χ2n) is 4.83. The number of carbonyl (C=O) groups is 1. The first-order chi connectivity index (χ1) is 9.42. The molecule has 0 aliphatic rings. The molecule has 1 unspecified atom stereocenters. The van der Waals surface area contributed by atoms with E-state index in [0.717, 1.165) is 12.8 Å². The number of carbonyl (C=O) groups excluding carboxylic acids is 1. The van der Waals surface area contributed by atoms with Crippen LogP contribution in [0.3, 0.4) is 0 Å². The molecule has 0 aromatic heterocycles. The summed E-state index contributed by atoms with van der Waals surface area (Å²) in [5.41, 5.74) is 5.52. The first-order valence-electron chi connectivity index (χ1n) is 6.76. The summed E-state index contributed by atoms with van der Waals surface area (Å²) in [7, 11) is 0. The quantitative estimate of drug-likeness (QED) is 0.475. The first-order valence-corrected chi connectivity index (χ1v) is 6.76. The maximum atomic E-state index is 12.2. The third-order valence-electron chi connectivity index (χ3n) is 3.64. The molecule has 0 saturated heterocycles. The molecule has 0 heterocycles. The van der Waals surface area contributed by atoms with Crippen molar-refractivity contribution in [2.24, 2.45) is 5.92 Å². The topological polar surface area (TPSA) is 98.3 Å². The highest BCUT2D eigenvalue weighted by atomic mass is 16.6. The Balaban J connectivity index is 2.93. The molecule has 0 bridgehead atoms. The maximum absolute atomic E-state index is 12.2. The number of nitrogens with one attached hydrogen (secondary N) is 1. The summed E-state index contributed by atoms with van der Waals surface area (Å²) in [6, 6.07) is 4.25. The Morgan fingerprint density at radius 1 is 1.40 bits per heavy atom. The fourth-order valence-corrected chi connectivity index (χ4v) is 2.31. The minimum absolute atomic E-state index is 0.00355. The second kappa shape index (κ2) is 6.88. The van der Waals surface area contributed by atoms with E-state index in [4.69, 9.17) is 5.73 Å². The molecule has 1 aromatic rings. The van der Waals surface area contributed by atoms with Crippen molar-refractivity contribution in [3.05, 3.63) is 33.9 Å². The van der Waals surface area contributed by atoms with Gasteiger partial charge in [-0.15, -0.1) is 0 Å². The molecule has 6 nitrogen and oxygen atoms in total. The van der Waals surface area contributed by atoms with E-state index in [1.54, 1.807) is 0 Å². The number of rotatable bonds is 6. The fourth-order valence-electron chi connectivity index (χ4n) is 2.31. The lowest BCUT2D eigenvalue weighted by Crippen LogP contribution is -2.38. The number of nitrogen functional groups attached to an aromatic ring is 1. The van der Waals surface area contributed by atoms with E-state index in [1.807, 2.05) is 6.92 Å². The molecule has 0 aliphatic heterocycles. The largest absolute Gasteiger partial charge is 0.393 e. The number of hydrogen-bond donors (Lipinski definition) is 2. The number of nitro groups is 1. The number of nitro benzene ring substituents is 1. The van der Waals surface area contributed by atoms with Crippen LogP contribution in [0.1, 0.15) is 44.0 Å². The summed E-state index contributed by atoms with van der Waals surface area (Å²) in [5.74, 6) is 0.00414. The van der Waals surface area contributed by atoms with Gasteiger partial charge >= 0.3 is 0 Å². The Kier molecular flexibility index (Phi) is 5.49. The van der Waals surface area contributed by atoms with Gasteiger partial charge in [0.05, 0.1) is 10.5 Å². The van der Waals surface area contributed by atoms with Crippen molar-refractivity contribution >= 4 is 17.3 Å². The Bertz CT molecular complexity index is 498. The van der Waals surface area contributed by atoms with E-state index in [9.17, 15) is 14.9 Å². The van der Waals surface area contributed by atoms with E-state index < -0.39 is 4.92 Å². The number of amides is 1. The SMILES string of the molecule is CCC(CC)C(C)NC(=O)c1cccc([N+](=O)[O-])c1N. The van der Waals surface area contributed by atoms with Gasteiger partial charge in [0.2, 0.25) is 0 Å². The lowest BCUT2D eigenvalue weighted by molar-refractivity contribution is -0.383. The van der Waals surface area contributed by atoms with Gasteiger partial charge in [-0.05, 0) is 18.9 Å². The van der Waals surface area contributed by atoms with Crippen LogP contribution in [0.2, 0.25) is 0 Å². The maximum Gasteiger partial charge on any atom is 0.292 e. The van der Waals surface area contributed by atoms with Crippen LogP contribution in [0.5, 0.6) is 0 Å². The predicted octanol–water partition coefficient (Wildman–Crippen LogP) is 2.73. The van der Waals surface area contributed by atoms with E-state index in [2.05, 4.69) is 19.2 Å². The minimum atomic E-state index is -0.587. The van der Waals surface area contributed by atoms with Crippen LogP contribution >= 0.6 is 0 Å². The molecular weight excluding hydrogens is 258 g/mol. The van der Waals surface area contributed by atoms with Gasteiger partial charge in [-0.2, -0.15) is 0 Å². The van der Waals surface area contributed by atoms with Crippen LogP contribution in [-0.4, -0.2) is 16.9 Å². The lowest BCUT2D eigenvalue weighted by Gasteiger charge is -2.22. The number of anilines is 1. The fraction of sp³-hybridized carbons (Fsp3) is 0.500. The summed E-state index contributed by atoms with van der Waals surface area (Å²) >= 11 is 0. The van der Waals surface area contributed by atoms with Crippen molar-refractivity contribution < 1.29 is 9.72 Å². The van der Waals surface area contributed by atoms with Gasteiger partial charge < -0.3 is 11.1 Å². The summed E-state index contributed by atoms with van der Waals surface area (Å²) in [4.78, 5) is 22.4. The van der Waals surface area contributed by atoms with E-state index in [-0.39, 0.29) is 28.9 Å². The Labute approximate surface area is 118 Å². The molecule has 1 amide bonds. The van der Waals surface area contributed by atoms with Crippen molar-refractivity contribution in [2.45, 2.75) is 39.7 Å². The number of para-hydroxylation sites is 1. The van der Waals surface area contributed by atoms with Gasteiger partial charge in [-0.25, -0.2) is 0 Å². The zero-order chi connectivity index (χ0) is 15.3.